The largest absolute Gasteiger partial charge is 0.490 e. The number of amides is 1. The Balaban J connectivity index is 1.90. The summed E-state index contributed by atoms with van der Waals surface area (Å²) in [6, 6.07) is 13.7. The molecule has 0 heterocycles. The molecule has 0 aliphatic heterocycles. The number of nitrogens with zero attached hydrogens (tertiary/aromatic N) is 1. The molecule has 0 N–H and O–H groups in total. The zero-order chi connectivity index (χ0) is 18.4. The maximum Gasteiger partial charge on any atom is 0.253 e. The number of benzene rings is 2. The van der Waals surface area contributed by atoms with Gasteiger partial charge in [0.15, 0.2) is 9.84 Å². The van der Waals surface area contributed by atoms with E-state index < -0.39 is 9.84 Å². The molecule has 0 bridgehead atoms. The van der Waals surface area contributed by atoms with Crippen LogP contribution in [0, 0.1) is 0 Å². The van der Waals surface area contributed by atoms with Crippen LogP contribution in [0.3, 0.4) is 0 Å². The Bertz CT molecular complexity index is 834. The van der Waals surface area contributed by atoms with Crippen LogP contribution in [-0.4, -0.2) is 45.7 Å². The van der Waals surface area contributed by atoms with Gasteiger partial charge in [0.25, 0.3) is 5.91 Å². The Morgan fingerprint density at radius 1 is 1.12 bits per heavy atom. The molecule has 0 atom stereocenters. The van der Waals surface area contributed by atoms with E-state index in [0.29, 0.717) is 35.1 Å². The summed E-state index contributed by atoms with van der Waals surface area (Å²) in [4.78, 5) is 13.9. The maximum absolute atomic E-state index is 12.4. The first-order valence-corrected chi connectivity index (χ1v) is 10.1. The number of sulfone groups is 1. The zero-order valence-corrected chi connectivity index (χ0v) is 15.7. The van der Waals surface area contributed by atoms with Crippen LogP contribution in [0.2, 0.25) is 5.02 Å². The summed E-state index contributed by atoms with van der Waals surface area (Å²) in [5.41, 5.74) is 1.15. The molecular formula is C18H20ClNO4S. The molecule has 0 aromatic heterocycles. The minimum absolute atomic E-state index is 0.0387. The lowest BCUT2D eigenvalue weighted by molar-refractivity contribution is 0.0774. The average Bonchev–Trinajstić information content (AvgIpc) is 2.55. The maximum atomic E-state index is 12.4. The molecule has 0 aliphatic carbocycles. The Hall–Kier alpha value is -2.05. The number of carbonyl (C=O) groups is 1. The van der Waals surface area contributed by atoms with Gasteiger partial charge in [-0.2, -0.15) is 0 Å². The molecule has 5 nitrogen and oxygen atoms in total. The Morgan fingerprint density at radius 2 is 1.76 bits per heavy atom. The monoisotopic (exact) mass is 381 g/mol. The first-order chi connectivity index (χ1) is 11.8. The molecule has 1 amide bonds. The molecule has 2 rings (SSSR count). The van der Waals surface area contributed by atoms with Crippen LogP contribution in [0.15, 0.2) is 48.5 Å². The summed E-state index contributed by atoms with van der Waals surface area (Å²) in [6.45, 7) is 0.716. The molecule has 0 saturated heterocycles. The fourth-order valence-corrected chi connectivity index (χ4v) is 3.21. The number of hydrogen-bond acceptors (Lipinski definition) is 4. The average molecular weight is 382 g/mol. The van der Waals surface area contributed by atoms with Crippen molar-refractivity contribution in [2.24, 2.45) is 0 Å². The number of carbonyl (C=O) groups excluding carboxylic acids is 1. The van der Waals surface area contributed by atoms with Crippen LogP contribution in [0.1, 0.15) is 15.9 Å². The molecule has 0 fully saturated rings. The third-order valence-electron chi connectivity index (χ3n) is 3.50. The second-order valence-corrected chi connectivity index (χ2v) is 8.32. The molecule has 7 heteroatoms. The molecule has 0 radical (unpaired) electrons. The van der Waals surface area contributed by atoms with Crippen molar-refractivity contribution in [3.8, 4) is 5.75 Å². The second-order valence-electron chi connectivity index (χ2n) is 5.77. The standard InChI is InChI=1S/C18H20ClNO4S/c1-20(11-12-24-17-6-4-3-5-16(17)19)18(21)15-9-7-14(8-10-15)13-25(2,22)23/h3-10H,11-13H2,1-2H3. The van der Waals surface area contributed by atoms with Gasteiger partial charge in [0.1, 0.15) is 12.4 Å². The number of halogens is 1. The van der Waals surface area contributed by atoms with Crippen molar-refractivity contribution in [2.75, 3.05) is 26.5 Å². The number of rotatable bonds is 7. The Morgan fingerprint density at radius 3 is 2.36 bits per heavy atom. The van der Waals surface area contributed by atoms with Gasteiger partial charge in [-0.3, -0.25) is 4.79 Å². The van der Waals surface area contributed by atoms with Crippen LogP contribution in [0.4, 0.5) is 0 Å². The highest BCUT2D eigenvalue weighted by Crippen LogP contribution is 2.22. The van der Waals surface area contributed by atoms with Gasteiger partial charge in [-0.25, -0.2) is 8.42 Å². The van der Waals surface area contributed by atoms with Crippen LogP contribution in [0.5, 0.6) is 5.75 Å². The molecule has 0 unspecified atom stereocenters. The predicted molar refractivity (Wildman–Crippen MR) is 98.9 cm³/mol. The Kier molecular flexibility index (Phi) is 6.45. The quantitative estimate of drug-likeness (QED) is 0.739. The van der Waals surface area contributed by atoms with Crippen molar-refractivity contribution < 1.29 is 17.9 Å². The van der Waals surface area contributed by atoms with Crippen molar-refractivity contribution in [1.82, 2.24) is 4.90 Å². The number of likely N-dealkylation sites (N-methyl/N-ethyl adjacent to an activating group) is 1. The third-order valence-corrected chi connectivity index (χ3v) is 4.67. The van der Waals surface area contributed by atoms with Crippen LogP contribution in [0.25, 0.3) is 0 Å². The van der Waals surface area contributed by atoms with Crippen LogP contribution in [-0.2, 0) is 15.6 Å². The van der Waals surface area contributed by atoms with Gasteiger partial charge in [0.05, 0.1) is 17.3 Å². The topological polar surface area (TPSA) is 63.7 Å². The fourth-order valence-electron chi connectivity index (χ4n) is 2.22. The lowest BCUT2D eigenvalue weighted by Crippen LogP contribution is -2.30. The molecule has 0 aliphatic rings. The van der Waals surface area contributed by atoms with E-state index in [-0.39, 0.29) is 11.7 Å². The zero-order valence-electron chi connectivity index (χ0n) is 14.1. The van der Waals surface area contributed by atoms with E-state index in [4.69, 9.17) is 16.3 Å². The van der Waals surface area contributed by atoms with E-state index in [9.17, 15) is 13.2 Å². The first-order valence-electron chi connectivity index (χ1n) is 7.66. The van der Waals surface area contributed by atoms with E-state index in [1.165, 1.54) is 6.26 Å². The lowest BCUT2D eigenvalue weighted by atomic mass is 10.1. The summed E-state index contributed by atoms with van der Waals surface area (Å²) >= 11 is 6.01. The van der Waals surface area contributed by atoms with Gasteiger partial charge < -0.3 is 9.64 Å². The van der Waals surface area contributed by atoms with Gasteiger partial charge >= 0.3 is 0 Å². The first kappa shape index (κ1) is 19.3. The number of ether oxygens (including phenoxy) is 1. The highest BCUT2D eigenvalue weighted by Gasteiger charge is 2.12. The van der Waals surface area contributed by atoms with Crippen LogP contribution < -0.4 is 4.74 Å². The van der Waals surface area contributed by atoms with Gasteiger partial charge in [0.2, 0.25) is 0 Å². The molecule has 2 aromatic carbocycles. The molecule has 0 spiro atoms. The number of hydrogen-bond donors (Lipinski definition) is 0. The molecule has 25 heavy (non-hydrogen) atoms. The van der Waals surface area contributed by atoms with E-state index in [0.717, 1.165) is 0 Å². The second kappa shape index (κ2) is 8.36. The van der Waals surface area contributed by atoms with E-state index in [1.807, 2.05) is 12.1 Å². The van der Waals surface area contributed by atoms with Crippen molar-refractivity contribution in [2.45, 2.75) is 5.75 Å². The summed E-state index contributed by atoms with van der Waals surface area (Å²) in [5, 5.41) is 0.526. The smallest absolute Gasteiger partial charge is 0.253 e. The van der Waals surface area contributed by atoms with Crippen molar-refractivity contribution in [3.63, 3.8) is 0 Å². The van der Waals surface area contributed by atoms with E-state index >= 15 is 0 Å². The van der Waals surface area contributed by atoms with E-state index in [2.05, 4.69) is 0 Å². The van der Waals surface area contributed by atoms with Crippen molar-refractivity contribution >= 4 is 27.3 Å². The molecule has 0 saturated carbocycles. The molecule has 2 aromatic rings. The Labute approximate surface area is 153 Å². The summed E-state index contributed by atoms with van der Waals surface area (Å²) in [5.74, 6) is 0.381. The molecule has 134 valence electrons. The predicted octanol–water partition coefficient (Wildman–Crippen LogP) is 3.04. The van der Waals surface area contributed by atoms with E-state index in [1.54, 1.807) is 48.3 Å². The minimum Gasteiger partial charge on any atom is -0.490 e. The summed E-state index contributed by atoms with van der Waals surface area (Å²) in [7, 11) is -1.41. The highest BCUT2D eigenvalue weighted by atomic mass is 35.5. The molecular weight excluding hydrogens is 362 g/mol. The van der Waals surface area contributed by atoms with Gasteiger partial charge in [0, 0.05) is 18.9 Å². The highest BCUT2D eigenvalue weighted by molar-refractivity contribution is 7.89. The van der Waals surface area contributed by atoms with Gasteiger partial charge in [-0.1, -0.05) is 35.9 Å². The summed E-state index contributed by atoms with van der Waals surface area (Å²) < 4.78 is 28.2. The van der Waals surface area contributed by atoms with Gasteiger partial charge in [-0.05, 0) is 29.8 Å². The normalized spacial score (nSPS) is 11.2. The van der Waals surface area contributed by atoms with Crippen molar-refractivity contribution in [1.29, 1.82) is 0 Å². The lowest BCUT2D eigenvalue weighted by Gasteiger charge is -2.18. The van der Waals surface area contributed by atoms with Crippen molar-refractivity contribution in [3.05, 3.63) is 64.7 Å². The van der Waals surface area contributed by atoms with Gasteiger partial charge in [-0.15, -0.1) is 0 Å². The fraction of sp³-hybridized carbons (Fsp3) is 0.278. The van der Waals surface area contributed by atoms with Crippen LogP contribution >= 0.6 is 11.6 Å². The number of para-hydroxylation sites is 1. The SMILES string of the molecule is CN(CCOc1ccccc1Cl)C(=O)c1ccc(CS(C)(=O)=O)cc1. The third kappa shape index (κ3) is 6.07. The summed E-state index contributed by atoms with van der Waals surface area (Å²) in [6.07, 6.45) is 1.18. The minimum atomic E-state index is -3.09.